The monoisotopic (exact) mass is 242 g/mol. The molecule has 2 heteroatoms. The van der Waals surface area contributed by atoms with Crippen molar-refractivity contribution in [2.75, 3.05) is 5.32 Å². The van der Waals surface area contributed by atoms with Crippen LogP contribution in [0.4, 0.5) is 5.69 Å². The van der Waals surface area contributed by atoms with Crippen molar-refractivity contribution < 1.29 is 0 Å². The quantitative estimate of drug-likeness (QED) is 0.841. The molecule has 0 saturated heterocycles. The van der Waals surface area contributed by atoms with E-state index in [2.05, 4.69) is 38.2 Å². The van der Waals surface area contributed by atoms with Crippen LogP contribution in [0.1, 0.15) is 50.7 Å². The van der Waals surface area contributed by atoms with Crippen LogP contribution in [-0.4, -0.2) is 6.04 Å². The van der Waals surface area contributed by atoms with Crippen molar-refractivity contribution in [2.45, 2.75) is 52.5 Å². The molecule has 1 aromatic carbocycles. The van der Waals surface area contributed by atoms with Gasteiger partial charge >= 0.3 is 0 Å². The van der Waals surface area contributed by atoms with Crippen molar-refractivity contribution in [2.24, 2.45) is 5.41 Å². The minimum atomic E-state index is 0.422. The summed E-state index contributed by atoms with van der Waals surface area (Å²) in [5.41, 5.74) is 3.38. The Morgan fingerprint density at radius 2 is 2.17 bits per heavy atom. The highest BCUT2D eigenvalue weighted by molar-refractivity contribution is 5.62. The van der Waals surface area contributed by atoms with Crippen LogP contribution in [0.5, 0.6) is 0 Å². The molecule has 1 atom stereocenters. The molecular weight excluding hydrogens is 220 g/mol. The minimum absolute atomic E-state index is 0.422. The molecule has 1 aromatic rings. The molecule has 2 nitrogen and oxygen atoms in total. The van der Waals surface area contributed by atoms with E-state index in [1.54, 1.807) is 0 Å². The Morgan fingerprint density at radius 1 is 1.39 bits per heavy atom. The molecule has 1 aliphatic rings. The third kappa shape index (κ3) is 2.85. The van der Waals surface area contributed by atoms with Gasteiger partial charge in [0.1, 0.15) is 6.07 Å². The normalized spacial score (nSPS) is 22.2. The number of rotatable bonds is 2. The Morgan fingerprint density at radius 3 is 2.83 bits per heavy atom. The van der Waals surface area contributed by atoms with Crippen LogP contribution in [0.15, 0.2) is 18.2 Å². The van der Waals surface area contributed by atoms with Crippen molar-refractivity contribution in [3.05, 3.63) is 29.3 Å². The first-order valence-corrected chi connectivity index (χ1v) is 6.78. The van der Waals surface area contributed by atoms with Crippen LogP contribution in [0.25, 0.3) is 0 Å². The molecule has 96 valence electrons. The van der Waals surface area contributed by atoms with Gasteiger partial charge in [-0.15, -0.1) is 0 Å². The van der Waals surface area contributed by atoms with Gasteiger partial charge < -0.3 is 5.32 Å². The summed E-state index contributed by atoms with van der Waals surface area (Å²) in [7, 11) is 0. The van der Waals surface area contributed by atoms with Gasteiger partial charge in [0, 0.05) is 6.04 Å². The van der Waals surface area contributed by atoms with E-state index in [1.807, 2.05) is 12.1 Å². The molecule has 1 aliphatic carbocycles. The maximum Gasteiger partial charge on any atom is 0.101 e. The molecule has 0 amide bonds. The van der Waals surface area contributed by atoms with E-state index >= 15 is 0 Å². The summed E-state index contributed by atoms with van der Waals surface area (Å²) in [5, 5.41) is 12.8. The predicted octanol–water partition coefficient (Wildman–Crippen LogP) is 4.25. The molecule has 1 saturated carbocycles. The largest absolute Gasteiger partial charge is 0.381 e. The lowest BCUT2D eigenvalue weighted by Gasteiger charge is -2.36. The second kappa shape index (κ2) is 5.02. The number of hydrogen-bond donors (Lipinski definition) is 1. The molecule has 0 bridgehead atoms. The van der Waals surface area contributed by atoms with Crippen molar-refractivity contribution in [1.82, 2.24) is 0 Å². The molecule has 0 radical (unpaired) electrons. The van der Waals surface area contributed by atoms with Gasteiger partial charge in [0.25, 0.3) is 0 Å². The lowest BCUT2D eigenvalue weighted by atomic mass is 9.75. The van der Waals surface area contributed by atoms with E-state index < -0.39 is 0 Å². The van der Waals surface area contributed by atoms with Crippen LogP contribution in [0.2, 0.25) is 0 Å². The van der Waals surface area contributed by atoms with Gasteiger partial charge in [-0.1, -0.05) is 32.4 Å². The number of nitriles is 1. The molecule has 18 heavy (non-hydrogen) atoms. The first kappa shape index (κ1) is 13.0. The maximum atomic E-state index is 9.19. The van der Waals surface area contributed by atoms with Crippen LogP contribution >= 0.6 is 0 Å². The topological polar surface area (TPSA) is 35.8 Å². The first-order chi connectivity index (χ1) is 8.52. The lowest BCUT2D eigenvalue weighted by Crippen LogP contribution is -2.32. The summed E-state index contributed by atoms with van der Waals surface area (Å²) in [6, 6.07) is 8.69. The SMILES string of the molecule is Cc1cccc(C#N)c1NC1CCCC(C)(C)C1. The Balaban J connectivity index is 2.17. The number of benzene rings is 1. The summed E-state index contributed by atoms with van der Waals surface area (Å²) >= 11 is 0. The molecule has 0 heterocycles. The van der Waals surface area contributed by atoms with Crippen molar-refractivity contribution in [3.8, 4) is 6.07 Å². The minimum Gasteiger partial charge on any atom is -0.381 e. The third-order valence-corrected chi connectivity index (χ3v) is 3.95. The number of nitrogens with zero attached hydrogens (tertiary/aromatic N) is 1. The molecule has 2 rings (SSSR count). The van der Waals surface area contributed by atoms with E-state index in [0.29, 0.717) is 11.5 Å². The van der Waals surface area contributed by atoms with E-state index in [0.717, 1.165) is 16.8 Å². The zero-order valence-corrected chi connectivity index (χ0v) is 11.6. The van der Waals surface area contributed by atoms with Gasteiger partial charge in [0.05, 0.1) is 11.3 Å². The standard InChI is InChI=1S/C16H22N2/c1-12-6-4-7-13(11-17)15(12)18-14-8-5-9-16(2,3)10-14/h4,6-7,14,18H,5,8-10H2,1-3H3. The molecule has 1 fully saturated rings. The van der Waals surface area contributed by atoms with Gasteiger partial charge in [-0.2, -0.15) is 5.26 Å². The van der Waals surface area contributed by atoms with Crippen LogP contribution in [0, 0.1) is 23.7 Å². The van der Waals surface area contributed by atoms with E-state index in [1.165, 1.54) is 25.7 Å². The number of aryl methyl sites for hydroxylation is 1. The first-order valence-electron chi connectivity index (χ1n) is 6.78. The highest BCUT2D eigenvalue weighted by atomic mass is 14.9. The fourth-order valence-electron chi connectivity index (χ4n) is 2.98. The lowest BCUT2D eigenvalue weighted by molar-refractivity contribution is 0.229. The van der Waals surface area contributed by atoms with Crippen molar-refractivity contribution in [3.63, 3.8) is 0 Å². The Hall–Kier alpha value is -1.49. The van der Waals surface area contributed by atoms with Gasteiger partial charge in [0.2, 0.25) is 0 Å². The average Bonchev–Trinajstić information content (AvgIpc) is 2.30. The maximum absolute atomic E-state index is 9.19. The summed E-state index contributed by atoms with van der Waals surface area (Å²) in [6.07, 6.45) is 4.98. The van der Waals surface area contributed by atoms with Gasteiger partial charge in [0.15, 0.2) is 0 Å². The van der Waals surface area contributed by atoms with E-state index in [-0.39, 0.29) is 0 Å². The molecule has 1 N–H and O–H groups in total. The number of nitrogens with one attached hydrogen (secondary N) is 1. The van der Waals surface area contributed by atoms with E-state index in [4.69, 9.17) is 0 Å². The fourth-order valence-corrected chi connectivity index (χ4v) is 2.98. The van der Waals surface area contributed by atoms with Gasteiger partial charge in [-0.3, -0.25) is 0 Å². The fraction of sp³-hybridized carbons (Fsp3) is 0.562. The third-order valence-electron chi connectivity index (χ3n) is 3.95. The van der Waals surface area contributed by atoms with Crippen molar-refractivity contribution >= 4 is 5.69 Å². The highest BCUT2D eigenvalue weighted by Gasteiger charge is 2.28. The Kier molecular flexibility index (Phi) is 3.61. The van der Waals surface area contributed by atoms with Crippen LogP contribution in [0.3, 0.4) is 0 Å². The Labute approximate surface area is 110 Å². The average molecular weight is 242 g/mol. The molecular formula is C16H22N2. The smallest absolute Gasteiger partial charge is 0.101 e. The zero-order valence-electron chi connectivity index (χ0n) is 11.6. The molecule has 0 aliphatic heterocycles. The summed E-state index contributed by atoms with van der Waals surface area (Å²) in [6.45, 7) is 6.74. The highest BCUT2D eigenvalue weighted by Crippen LogP contribution is 2.37. The molecule has 1 unspecified atom stereocenters. The number of hydrogen-bond acceptors (Lipinski definition) is 2. The van der Waals surface area contributed by atoms with Crippen LogP contribution < -0.4 is 5.32 Å². The molecule has 0 spiro atoms. The summed E-state index contributed by atoms with van der Waals surface area (Å²) < 4.78 is 0. The van der Waals surface area contributed by atoms with E-state index in [9.17, 15) is 5.26 Å². The Bertz CT molecular complexity index is 468. The second-order valence-corrected chi connectivity index (χ2v) is 6.21. The summed E-state index contributed by atoms with van der Waals surface area (Å²) in [4.78, 5) is 0. The predicted molar refractivity (Wildman–Crippen MR) is 75.6 cm³/mol. The number of para-hydroxylation sites is 1. The summed E-state index contributed by atoms with van der Waals surface area (Å²) in [5.74, 6) is 0. The van der Waals surface area contributed by atoms with Gasteiger partial charge in [-0.25, -0.2) is 0 Å². The second-order valence-electron chi connectivity index (χ2n) is 6.21. The zero-order chi connectivity index (χ0) is 13.2. The van der Waals surface area contributed by atoms with Gasteiger partial charge in [-0.05, 0) is 43.2 Å². The van der Waals surface area contributed by atoms with Crippen molar-refractivity contribution in [1.29, 1.82) is 5.26 Å². The number of anilines is 1. The molecule has 0 aromatic heterocycles. The van der Waals surface area contributed by atoms with Crippen LogP contribution in [-0.2, 0) is 0 Å².